The predicted molar refractivity (Wildman–Crippen MR) is 143 cm³/mol. The van der Waals surface area contributed by atoms with E-state index < -0.39 is 70.6 Å². The maximum atomic E-state index is 11.6. The lowest BCUT2D eigenvalue weighted by Gasteiger charge is -2.38. The van der Waals surface area contributed by atoms with E-state index in [9.17, 15) is 51.1 Å². The average Bonchev–Trinajstić information content (AvgIpc) is 2.96. The summed E-state index contributed by atoms with van der Waals surface area (Å²) in [6.45, 7) is 0. The third-order valence-electron chi connectivity index (χ3n) is 7.72. The highest BCUT2D eigenvalue weighted by molar-refractivity contribution is 5.65. The second-order valence-corrected chi connectivity index (χ2v) is 10.3. The molecule has 5 unspecified atom stereocenters. The minimum absolute atomic E-state index is 0.0158. The Morgan fingerprint density at radius 3 is 1.71 bits per heavy atom. The van der Waals surface area contributed by atoms with Crippen molar-refractivity contribution in [2.45, 2.75) is 36.8 Å². The summed E-state index contributed by atoms with van der Waals surface area (Å²) in [5.74, 6) is -5.79. The van der Waals surface area contributed by atoms with Crippen LogP contribution in [-0.4, -0.2) is 63.3 Å². The van der Waals surface area contributed by atoms with E-state index in [1.54, 1.807) is 0 Å². The van der Waals surface area contributed by atoms with Crippen molar-refractivity contribution >= 4 is 0 Å². The highest BCUT2D eigenvalue weighted by Gasteiger charge is 2.44. The van der Waals surface area contributed by atoms with Crippen LogP contribution in [0.4, 0.5) is 0 Å². The molecular formula is C30H26O12. The Kier molecular flexibility index (Phi) is 6.24. The van der Waals surface area contributed by atoms with Crippen molar-refractivity contribution < 1.29 is 60.5 Å². The van der Waals surface area contributed by atoms with Gasteiger partial charge in [-0.15, -0.1) is 0 Å². The molecule has 4 aromatic rings. The number of rotatable bonds is 3. The van der Waals surface area contributed by atoms with E-state index in [4.69, 9.17) is 9.47 Å². The number of fused-ring (bicyclic) bond motifs is 2. The van der Waals surface area contributed by atoms with Gasteiger partial charge in [0.15, 0.2) is 58.2 Å². The molecule has 42 heavy (non-hydrogen) atoms. The van der Waals surface area contributed by atoms with Crippen molar-refractivity contribution in [2.75, 3.05) is 0 Å². The molecule has 0 saturated heterocycles. The van der Waals surface area contributed by atoms with Gasteiger partial charge in [0.25, 0.3) is 0 Å². The first-order valence-corrected chi connectivity index (χ1v) is 12.8. The maximum Gasteiger partial charge on any atom is 0.201 e. The molecule has 5 atom stereocenters. The topological polar surface area (TPSA) is 221 Å². The Bertz CT molecular complexity index is 1720. The Morgan fingerprint density at radius 2 is 1.10 bits per heavy atom. The Labute approximate surface area is 237 Å². The van der Waals surface area contributed by atoms with Crippen molar-refractivity contribution in [1.29, 1.82) is 0 Å². The van der Waals surface area contributed by atoms with Crippen LogP contribution in [0.15, 0.2) is 54.6 Å². The van der Waals surface area contributed by atoms with Crippen LogP contribution in [0.25, 0.3) is 0 Å². The number of aliphatic hydroxyl groups is 2. The molecule has 4 aromatic carbocycles. The van der Waals surface area contributed by atoms with E-state index in [1.807, 2.05) is 0 Å². The number of phenolic OH excluding ortho intramolecular Hbond substituents is 8. The Hall–Kier alpha value is -5.20. The van der Waals surface area contributed by atoms with Gasteiger partial charge >= 0.3 is 0 Å². The fraction of sp³-hybridized carbons (Fsp3) is 0.200. The summed E-state index contributed by atoms with van der Waals surface area (Å²) in [7, 11) is 0. The smallest absolute Gasteiger partial charge is 0.201 e. The largest absolute Gasteiger partial charge is 0.504 e. The number of phenols is 8. The van der Waals surface area contributed by atoms with Crippen molar-refractivity contribution in [2.24, 2.45) is 0 Å². The first-order chi connectivity index (χ1) is 20.0. The minimum Gasteiger partial charge on any atom is -0.504 e. The minimum atomic E-state index is -1.50. The second-order valence-electron chi connectivity index (χ2n) is 10.3. The van der Waals surface area contributed by atoms with Crippen LogP contribution in [-0.2, 0) is 6.42 Å². The lowest BCUT2D eigenvalue weighted by molar-refractivity contribution is 0.00540. The number of hydrogen-bond donors (Lipinski definition) is 10. The summed E-state index contributed by atoms with van der Waals surface area (Å²) in [5, 5.41) is 105. The van der Waals surface area contributed by atoms with Crippen molar-refractivity contribution in [3.05, 3.63) is 82.4 Å². The van der Waals surface area contributed by atoms with Gasteiger partial charge in [-0.2, -0.15) is 0 Å². The molecule has 2 aliphatic heterocycles. The lowest BCUT2D eigenvalue weighted by atomic mass is 9.78. The van der Waals surface area contributed by atoms with Gasteiger partial charge in [-0.25, -0.2) is 0 Å². The van der Waals surface area contributed by atoms with E-state index in [1.165, 1.54) is 48.5 Å². The summed E-state index contributed by atoms with van der Waals surface area (Å²) in [5.41, 5.74) is 0.903. The molecule has 0 aliphatic carbocycles. The van der Waals surface area contributed by atoms with Crippen molar-refractivity contribution in [1.82, 2.24) is 0 Å². The number of benzene rings is 4. The maximum absolute atomic E-state index is 11.6. The van der Waals surface area contributed by atoms with E-state index in [0.717, 1.165) is 6.07 Å². The van der Waals surface area contributed by atoms with Gasteiger partial charge < -0.3 is 60.5 Å². The van der Waals surface area contributed by atoms with Gasteiger partial charge in [-0.1, -0.05) is 18.2 Å². The first kappa shape index (κ1) is 27.0. The monoisotopic (exact) mass is 578 g/mol. The van der Waals surface area contributed by atoms with Crippen LogP contribution in [0.1, 0.15) is 45.9 Å². The molecule has 2 aliphatic rings. The summed E-state index contributed by atoms with van der Waals surface area (Å²) in [4.78, 5) is 0. The van der Waals surface area contributed by atoms with Crippen LogP contribution in [0.5, 0.6) is 57.5 Å². The summed E-state index contributed by atoms with van der Waals surface area (Å²) in [6, 6.07) is 11.5. The summed E-state index contributed by atoms with van der Waals surface area (Å²) >= 11 is 0. The van der Waals surface area contributed by atoms with Gasteiger partial charge in [0.2, 0.25) is 11.5 Å². The molecule has 0 bridgehead atoms. The molecule has 218 valence electrons. The van der Waals surface area contributed by atoms with E-state index in [2.05, 4.69) is 0 Å². The number of aliphatic hydroxyl groups excluding tert-OH is 2. The standard InChI is InChI=1S/C30H26O12/c31-16-4-1-11(8-19(16)34)27-21(36)10-13-7-15(23(37)26(40)29(13)41-27)22-14-3-6-18(33)24(38)30(14)42-28(25(22)39)12-2-5-17(32)20(35)9-12/h1-9,21-22,25,27-28,31-40H,10H2. The molecule has 2 heterocycles. The molecule has 0 fully saturated rings. The molecule has 10 N–H and O–H groups in total. The molecule has 0 aromatic heterocycles. The van der Waals surface area contributed by atoms with Gasteiger partial charge in [0.1, 0.15) is 6.10 Å². The fourth-order valence-electron chi connectivity index (χ4n) is 5.62. The van der Waals surface area contributed by atoms with Gasteiger partial charge in [0, 0.05) is 29.0 Å². The third-order valence-corrected chi connectivity index (χ3v) is 7.72. The normalized spacial score (nSPS) is 22.9. The van der Waals surface area contributed by atoms with Crippen LogP contribution in [0.3, 0.4) is 0 Å². The molecule has 12 heteroatoms. The van der Waals surface area contributed by atoms with Crippen LogP contribution >= 0.6 is 0 Å². The zero-order valence-electron chi connectivity index (χ0n) is 21.6. The SMILES string of the molecule is Oc1ccc(C2Oc3c(cc(C4c5ccc(O)c(O)c5OC(c5ccc(O)c(O)c5)C4O)c(O)c3O)CC2O)cc1O. The van der Waals surface area contributed by atoms with Gasteiger partial charge in [-0.3, -0.25) is 0 Å². The zero-order valence-corrected chi connectivity index (χ0v) is 21.6. The van der Waals surface area contributed by atoms with Crippen LogP contribution in [0, 0.1) is 0 Å². The summed E-state index contributed by atoms with van der Waals surface area (Å²) in [6.07, 6.45) is -5.12. The van der Waals surface area contributed by atoms with E-state index >= 15 is 0 Å². The molecule has 6 rings (SSSR count). The second kappa shape index (κ2) is 9.72. The highest BCUT2D eigenvalue weighted by atomic mass is 16.5. The lowest BCUT2D eigenvalue weighted by Crippen LogP contribution is -2.35. The van der Waals surface area contributed by atoms with E-state index in [0.29, 0.717) is 5.56 Å². The fourth-order valence-corrected chi connectivity index (χ4v) is 5.62. The molecule has 0 amide bonds. The zero-order chi connectivity index (χ0) is 30.0. The number of ether oxygens (including phenoxy) is 2. The average molecular weight is 579 g/mol. The van der Waals surface area contributed by atoms with E-state index in [-0.39, 0.29) is 45.9 Å². The van der Waals surface area contributed by atoms with Gasteiger partial charge in [0.05, 0.1) is 6.10 Å². The molecular weight excluding hydrogens is 552 g/mol. The van der Waals surface area contributed by atoms with Crippen LogP contribution < -0.4 is 9.47 Å². The quantitative estimate of drug-likeness (QED) is 0.159. The van der Waals surface area contributed by atoms with Crippen LogP contribution in [0.2, 0.25) is 0 Å². The third kappa shape index (κ3) is 4.16. The first-order valence-electron chi connectivity index (χ1n) is 12.8. The van der Waals surface area contributed by atoms with Crippen molar-refractivity contribution in [3.63, 3.8) is 0 Å². The van der Waals surface area contributed by atoms with Gasteiger partial charge in [-0.05, 0) is 47.5 Å². The number of hydrogen-bond acceptors (Lipinski definition) is 12. The number of aromatic hydroxyl groups is 8. The molecule has 0 radical (unpaired) electrons. The molecule has 0 spiro atoms. The molecule has 12 nitrogen and oxygen atoms in total. The predicted octanol–water partition coefficient (Wildman–Crippen LogP) is 3.00. The van der Waals surface area contributed by atoms with Crippen molar-refractivity contribution in [3.8, 4) is 57.5 Å². The molecule has 0 saturated carbocycles. The Balaban J connectivity index is 1.47. The Morgan fingerprint density at radius 1 is 0.524 bits per heavy atom. The summed E-state index contributed by atoms with van der Waals surface area (Å²) < 4.78 is 11.7. The highest BCUT2D eigenvalue weighted by Crippen LogP contribution is 2.56.